The van der Waals surface area contributed by atoms with E-state index in [9.17, 15) is 13.2 Å². The Morgan fingerprint density at radius 1 is 1.19 bits per heavy atom. The van der Waals surface area contributed by atoms with Gasteiger partial charge in [0.05, 0.1) is 12.7 Å². The minimum absolute atomic E-state index is 0.172. The van der Waals surface area contributed by atoms with E-state index in [-0.39, 0.29) is 16.4 Å². The average molecular weight is 378 g/mol. The molecule has 0 unspecified atom stereocenters. The highest BCUT2D eigenvalue weighted by molar-refractivity contribution is 7.93. The van der Waals surface area contributed by atoms with Crippen molar-refractivity contribution in [2.75, 3.05) is 11.4 Å². The van der Waals surface area contributed by atoms with Crippen LogP contribution in [0.5, 0.6) is 0 Å². The van der Waals surface area contributed by atoms with Gasteiger partial charge >= 0.3 is 5.97 Å². The van der Waals surface area contributed by atoms with E-state index in [0.717, 1.165) is 7.11 Å². The summed E-state index contributed by atoms with van der Waals surface area (Å²) in [6.45, 7) is 3.34. The van der Waals surface area contributed by atoms with Crippen LogP contribution in [0.1, 0.15) is 21.7 Å². The molecule has 0 amide bonds. The molecule has 11 heteroatoms. The molecule has 2 rings (SSSR count). The largest absolute Gasteiger partial charge is 0.465 e. The number of hydrazone groups is 1. The van der Waals surface area contributed by atoms with Crippen molar-refractivity contribution in [1.82, 2.24) is 9.97 Å². The molecule has 0 saturated carbocycles. The molecule has 0 radical (unpaired) electrons. The third kappa shape index (κ3) is 3.57. The monoisotopic (exact) mass is 378 g/mol. The average Bonchev–Trinajstić information content (AvgIpc) is 2.60. The Morgan fingerprint density at radius 2 is 1.77 bits per heavy atom. The standard InChI is InChI=1S/C15H18N6O4S/c1-9-8-10(2)19-15(18-9)21(14(16)20-17)26(23,24)12-7-5-4-6-11(12)13(22)25-3/h4-8H,17H2,1-3H3,(H2,16,20). The SMILES string of the molecule is COC(=O)c1ccccc1S(=O)(=O)N(C(N)=NN)c1nc(C)cc(C)n1. The number of aromatic nitrogens is 2. The van der Waals surface area contributed by atoms with E-state index in [4.69, 9.17) is 11.6 Å². The van der Waals surface area contributed by atoms with Crippen molar-refractivity contribution < 1.29 is 17.9 Å². The molecule has 0 atom stereocenters. The number of esters is 1. The molecule has 0 fully saturated rings. The highest BCUT2D eigenvalue weighted by Gasteiger charge is 2.34. The topological polar surface area (TPSA) is 154 Å². The first-order valence-electron chi connectivity index (χ1n) is 7.30. The highest BCUT2D eigenvalue weighted by Crippen LogP contribution is 2.24. The molecule has 0 aliphatic rings. The van der Waals surface area contributed by atoms with Crippen molar-refractivity contribution in [1.29, 1.82) is 0 Å². The molecule has 0 bridgehead atoms. The van der Waals surface area contributed by atoms with Gasteiger partial charge in [-0.25, -0.2) is 23.2 Å². The van der Waals surface area contributed by atoms with Crippen LogP contribution in [0, 0.1) is 13.8 Å². The van der Waals surface area contributed by atoms with Gasteiger partial charge in [0.2, 0.25) is 11.9 Å². The zero-order chi connectivity index (χ0) is 19.5. The van der Waals surface area contributed by atoms with Gasteiger partial charge < -0.3 is 16.3 Å². The van der Waals surface area contributed by atoms with Gasteiger partial charge in [-0.15, -0.1) is 5.10 Å². The Hall–Kier alpha value is -3.21. The molecule has 1 aromatic carbocycles. The van der Waals surface area contributed by atoms with E-state index in [1.807, 2.05) is 0 Å². The summed E-state index contributed by atoms with van der Waals surface area (Å²) in [6, 6.07) is 7.17. The van der Waals surface area contributed by atoms with Crippen molar-refractivity contribution in [3.05, 3.63) is 47.3 Å². The van der Waals surface area contributed by atoms with E-state index >= 15 is 0 Å². The lowest BCUT2D eigenvalue weighted by Crippen LogP contribution is -2.44. The Kier molecular flexibility index (Phi) is 5.41. The summed E-state index contributed by atoms with van der Waals surface area (Å²) < 4.78 is 31.7. The normalized spacial score (nSPS) is 11.9. The highest BCUT2D eigenvalue weighted by atomic mass is 32.2. The van der Waals surface area contributed by atoms with Crippen molar-refractivity contribution >= 4 is 27.9 Å². The van der Waals surface area contributed by atoms with Gasteiger partial charge in [-0.3, -0.25) is 0 Å². The van der Waals surface area contributed by atoms with E-state index < -0.39 is 22.0 Å². The summed E-state index contributed by atoms with van der Waals surface area (Å²) in [4.78, 5) is 19.8. The summed E-state index contributed by atoms with van der Waals surface area (Å²) in [5.41, 5.74) is 6.56. The van der Waals surface area contributed by atoms with Gasteiger partial charge in [0, 0.05) is 11.4 Å². The molecule has 4 N–H and O–H groups in total. The van der Waals surface area contributed by atoms with Crippen molar-refractivity contribution in [3.63, 3.8) is 0 Å². The van der Waals surface area contributed by atoms with E-state index in [2.05, 4.69) is 19.8 Å². The van der Waals surface area contributed by atoms with Gasteiger partial charge in [0.25, 0.3) is 10.0 Å². The maximum absolute atomic E-state index is 13.2. The summed E-state index contributed by atoms with van der Waals surface area (Å²) in [5.74, 6) is 3.57. The fourth-order valence-corrected chi connectivity index (χ4v) is 3.72. The van der Waals surface area contributed by atoms with Crippen LogP contribution in [0.15, 0.2) is 40.3 Å². The number of hydrogen-bond donors (Lipinski definition) is 2. The molecule has 26 heavy (non-hydrogen) atoms. The number of methoxy groups -OCH3 is 1. The Labute approximate surface area is 150 Å². The molecule has 2 aromatic rings. The summed E-state index contributed by atoms with van der Waals surface area (Å²) in [5, 5.41) is 3.26. The Balaban J connectivity index is 2.75. The molecule has 138 valence electrons. The van der Waals surface area contributed by atoms with Crippen molar-refractivity contribution in [3.8, 4) is 0 Å². The van der Waals surface area contributed by atoms with Crippen molar-refractivity contribution in [2.45, 2.75) is 18.7 Å². The lowest BCUT2D eigenvalue weighted by molar-refractivity contribution is 0.0596. The first-order chi connectivity index (χ1) is 12.2. The molecular formula is C15H18N6O4S. The predicted molar refractivity (Wildman–Crippen MR) is 94.8 cm³/mol. The van der Waals surface area contributed by atoms with Crippen LogP contribution in [-0.4, -0.2) is 37.4 Å². The van der Waals surface area contributed by atoms with Gasteiger partial charge in [0.15, 0.2) is 0 Å². The lowest BCUT2D eigenvalue weighted by atomic mass is 10.2. The molecule has 0 aliphatic heterocycles. The van der Waals surface area contributed by atoms with Gasteiger partial charge in [-0.1, -0.05) is 12.1 Å². The smallest absolute Gasteiger partial charge is 0.339 e. The number of rotatable bonds is 4. The number of ether oxygens (including phenoxy) is 1. The number of hydrogen-bond acceptors (Lipinski definition) is 8. The van der Waals surface area contributed by atoms with Crippen LogP contribution in [-0.2, 0) is 14.8 Å². The van der Waals surface area contributed by atoms with Crippen LogP contribution >= 0.6 is 0 Å². The quantitative estimate of drug-likeness (QED) is 0.252. The molecule has 1 aromatic heterocycles. The second kappa shape index (κ2) is 7.35. The molecule has 1 heterocycles. The third-order valence-corrected chi connectivity index (χ3v) is 5.05. The maximum Gasteiger partial charge on any atom is 0.339 e. The summed E-state index contributed by atoms with van der Waals surface area (Å²) in [7, 11) is -3.27. The molecular weight excluding hydrogens is 360 g/mol. The van der Waals surface area contributed by atoms with Gasteiger partial charge in [0.1, 0.15) is 4.90 Å². The second-order valence-corrected chi connectivity index (χ2v) is 6.95. The third-order valence-electron chi connectivity index (χ3n) is 3.30. The first kappa shape index (κ1) is 19.1. The minimum atomic E-state index is -4.41. The number of guanidine groups is 1. The van der Waals surface area contributed by atoms with Crippen LogP contribution in [0.25, 0.3) is 0 Å². The number of benzene rings is 1. The number of nitrogens with two attached hydrogens (primary N) is 2. The van der Waals surface area contributed by atoms with E-state index in [1.54, 1.807) is 19.9 Å². The van der Waals surface area contributed by atoms with Crippen LogP contribution in [0.3, 0.4) is 0 Å². The van der Waals surface area contributed by atoms with Crippen molar-refractivity contribution in [2.24, 2.45) is 16.7 Å². The van der Waals surface area contributed by atoms with Gasteiger partial charge in [-0.05, 0) is 32.0 Å². The lowest BCUT2D eigenvalue weighted by Gasteiger charge is -2.22. The number of aryl methyl sites for hydroxylation is 2. The number of sulfonamides is 1. The Bertz CT molecular complexity index is 954. The zero-order valence-electron chi connectivity index (χ0n) is 14.4. The summed E-state index contributed by atoms with van der Waals surface area (Å²) >= 11 is 0. The van der Waals surface area contributed by atoms with Crippen LogP contribution in [0.4, 0.5) is 5.95 Å². The summed E-state index contributed by atoms with van der Waals surface area (Å²) in [6.07, 6.45) is 0. The fraction of sp³-hybridized carbons (Fsp3) is 0.200. The number of anilines is 1. The van der Waals surface area contributed by atoms with E-state index in [1.165, 1.54) is 24.3 Å². The van der Waals surface area contributed by atoms with E-state index in [0.29, 0.717) is 15.7 Å². The van der Waals surface area contributed by atoms with Gasteiger partial charge in [-0.2, -0.15) is 4.31 Å². The molecule has 0 spiro atoms. The first-order valence-corrected chi connectivity index (χ1v) is 8.74. The number of nitrogens with zero attached hydrogens (tertiary/aromatic N) is 4. The Morgan fingerprint density at radius 3 is 2.31 bits per heavy atom. The zero-order valence-corrected chi connectivity index (χ0v) is 15.2. The molecule has 0 saturated heterocycles. The molecule has 0 aliphatic carbocycles. The maximum atomic E-state index is 13.2. The second-order valence-electron chi connectivity index (χ2n) is 5.20. The number of carbonyl (C=O) groups is 1. The predicted octanol–water partition coefficient (Wildman–Crippen LogP) is 0.264. The molecule has 10 nitrogen and oxygen atoms in total. The minimum Gasteiger partial charge on any atom is -0.465 e. The van der Waals surface area contributed by atoms with Crippen LogP contribution in [0.2, 0.25) is 0 Å². The fourth-order valence-electron chi connectivity index (χ4n) is 2.25. The van der Waals surface area contributed by atoms with Crippen LogP contribution < -0.4 is 15.9 Å². The number of carbonyl (C=O) groups excluding carboxylic acids is 1.